The predicted octanol–water partition coefficient (Wildman–Crippen LogP) is 5.17. The van der Waals surface area contributed by atoms with E-state index in [1.54, 1.807) is 21.0 Å². The molecule has 0 amide bonds. The van der Waals surface area contributed by atoms with Crippen LogP contribution in [0.4, 0.5) is 0 Å². The Morgan fingerprint density at radius 1 is 1.03 bits per heavy atom. The Morgan fingerprint density at radius 3 is 2.35 bits per heavy atom. The van der Waals surface area contributed by atoms with E-state index in [-0.39, 0.29) is 19.0 Å². The molecule has 0 radical (unpaired) electrons. The monoisotopic (exact) mass is 567 g/mol. The Morgan fingerprint density at radius 2 is 1.73 bits per heavy atom. The molecule has 1 aliphatic heterocycles. The topological polar surface area (TPSA) is 90.9 Å². The molecule has 3 atom stereocenters. The fourth-order valence-corrected chi connectivity index (χ4v) is 5.62. The highest BCUT2D eigenvalue weighted by atomic mass is 79.9. The van der Waals surface area contributed by atoms with Crippen LogP contribution in [0.1, 0.15) is 50.2 Å². The number of methoxy groups -OCH3 is 1. The lowest BCUT2D eigenvalue weighted by Crippen LogP contribution is -2.43. The number of Topliss-reactive ketones (excluding diaryl/α,β-unsaturated/α-hetero) is 1. The molecule has 1 aliphatic carbocycles. The van der Waals surface area contributed by atoms with Crippen molar-refractivity contribution in [3.63, 3.8) is 0 Å². The van der Waals surface area contributed by atoms with Crippen molar-refractivity contribution < 1.29 is 28.6 Å². The van der Waals surface area contributed by atoms with Gasteiger partial charge < -0.3 is 19.5 Å². The largest absolute Gasteiger partial charge is 0.497 e. The Bertz CT molecular complexity index is 1280. The minimum absolute atomic E-state index is 0.157. The molecular weight excluding hydrogens is 538 g/mol. The zero-order valence-electron chi connectivity index (χ0n) is 21.3. The lowest BCUT2D eigenvalue weighted by molar-refractivity contribution is -0.152. The fourth-order valence-electron chi connectivity index (χ4n) is 5.20. The second-order valence-electron chi connectivity index (χ2n) is 8.94. The van der Waals surface area contributed by atoms with Gasteiger partial charge >= 0.3 is 11.9 Å². The minimum Gasteiger partial charge on any atom is -0.497 e. The number of halogens is 1. The summed E-state index contributed by atoms with van der Waals surface area (Å²) in [5, 5.41) is 3.32. The van der Waals surface area contributed by atoms with Crippen LogP contribution in [0.15, 0.2) is 75.5 Å². The second-order valence-corrected chi connectivity index (χ2v) is 9.86. The third-order valence-electron chi connectivity index (χ3n) is 6.78. The summed E-state index contributed by atoms with van der Waals surface area (Å²) in [4.78, 5) is 40.7. The summed E-state index contributed by atoms with van der Waals surface area (Å²) in [5.41, 5.74) is 3.66. The van der Waals surface area contributed by atoms with Crippen molar-refractivity contribution >= 4 is 33.7 Å². The molecule has 1 N–H and O–H groups in total. The predicted molar refractivity (Wildman–Crippen MR) is 142 cm³/mol. The van der Waals surface area contributed by atoms with Gasteiger partial charge in [-0.25, -0.2) is 4.79 Å². The molecule has 7 nitrogen and oxygen atoms in total. The van der Waals surface area contributed by atoms with Gasteiger partial charge in [0.1, 0.15) is 11.7 Å². The van der Waals surface area contributed by atoms with Crippen molar-refractivity contribution in [2.75, 3.05) is 20.3 Å². The first-order chi connectivity index (χ1) is 17.8. The van der Waals surface area contributed by atoms with Crippen molar-refractivity contribution in [2.45, 2.75) is 39.0 Å². The van der Waals surface area contributed by atoms with Crippen molar-refractivity contribution in [3.8, 4) is 5.75 Å². The van der Waals surface area contributed by atoms with Crippen LogP contribution in [0.5, 0.6) is 5.75 Å². The first-order valence-corrected chi connectivity index (χ1v) is 13.1. The van der Waals surface area contributed by atoms with Gasteiger partial charge in [-0.1, -0.05) is 40.2 Å². The molecule has 1 heterocycles. The molecule has 194 valence electrons. The smallest absolute Gasteiger partial charge is 0.336 e. The zero-order chi connectivity index (χ0) is 26.7. The number of carbonyl (C=O) groups is 3. The number of rotatable bonds is 7. The third kappa shape index (κ3) is 5.21. The maximum absolute atomic E-state index is 14.3. The summed E-state index contributed by atoms with van der Waals surface area (Å²) in [6.07, 6.45) is 0.398. The highest BCUT2D eigenvalue weighted by molar-refractivity contribution is 9.10. The number of allylic oxidation sites excluding steroid dienone is 3. The van der Waals surface area contributed by atoms with Crippen LogP contribution < -0.4 is 10.1 Å². The maximum Gasteiger partial charge on any atom is 0.336 e. The summed E-state index contributed by atoms with van der Waals surface area (Å²) in [5.74, 6) is -2.92. The van der Waals surface area contributed by atoms with Crippen LogP contribution >= 0.6 is 15.9 Å². The molecular formula is C29H30BrNO6. The number of benzene rings is 2. The number of ether oxygens (including phenoxy) is 3. The van der Waals surface area contributed by atoms with Gasteiger partial charge in [0.25, 0.3) is 0 Å². The quantitative estimate of drug-likeness (QED) is 0.364. The number of hydrogen-bond acceptors (Lipinski definition) is 7. The number of dihydropyridines is 1. The lowest BCUT2D eigenvalue weighted by atomic mass is 9.67. The highest BCUT2D eigenvalue weighted by Gasteiger charge is 2.49. The normalized spacial score (nSPS) is 21.2. The van der Waals surface area contributed by atoms with Gasteiger partial charge in [0, 0.05) is 33.3 Å². The molecule has 0 unspecified atom stereocenters. The second kappa shape index (κ2) is 11.3. The van der Waals surface area contributed by atoms with E-state index >= 15 is 0 Å². The van der Waals surface area contributed by atoms with E-state index in [9.17, 15) is 14.4 Å². The van der Waals surface area contributed by atoms with Gasteiger partial charge in [-0.05, 0) is 62.6 Å². The first kappa shape index (κ1) is 26.7. The van der Waals surface area contributed by atoms with E-state index < -0.39 is 29.7 Å². The van der Waals surface area contributed by atoms with Gasteiger partial charge in [-0.15, -0.1) is 0 Å². The lowest BCUT2D eigenvalue weighted by Gasteiger charge is -2.39. The Kier molecular flexibility index (Phi) is 8.17. The molecule has 2 aromatic rings. The average molecular weight is 568 g/mol. The van der Waals surface area contributed by atoms with Gasteiger partial charge in [-0.2, -0.15) is 0 Å². The van der Waals surface area contributed by atoms with Crippen LogP contribution in [0.3, 0.4) is 0 Å². The summed E-state index contributed by atoms with van der Waals surface area (Å²) >= 11 is 3.51. The standard InChI is InChI=1S/C29H30BrNO6/c1-5-36-28(33)23-16(3)31-22-15-21(17-10-12-20(35-4)13-11-17)25(29(34)37-6-2)27(32)26(22)24(23)18-8-7-9-19(30)14-18/h7-14,21,24-25,31H,5-6,15H2,1-4H3/t21-,24-,25-/m1/s1. The molecule has 2 aliphatic rings. The Hall–Kier alpha value is -3.39. The van der Waals surface area contributed by atoms with E-state index in [4.69, 9.17) is 14.2 Å². The van der Waals surface area contributed by atoms with Gasteiger partial charge in [-0.3, -0.25) is 9.59 Å². The molecule has 0 saturated heterocycles. The van der Waals surface area contributed by atoms with Crippen LogP contribution in [-0.2, 0) is 23.9 Å². The minimum atomic E-state index is -1.05. The van der Waals surface area contributed by atoms with Crippen LogP contribution in [0.25, 0.3) is 0 Å². The molecule has 0 bridgehead atoms. The molecule has 0 fully saturated rings. The first-order valence-electron chi connectivity index (χ1n) is 12.3. The van der Waals surface area contributed by atoms with E-state index in [1.165, 1.54) is 0 Å². The summed E-state index contributed by atoms with van der Waals surface area (Å²) in [6, 6.07) is 14.9. The van der Waals surface area contributed by atoms with E-state index in [2.05, 4.69) is 21.2 Å². The van der Waals surface area contributed by atoms with E-state index in [1.807, 2.05) is 55.5 Å². The Balaban J connectivity index is 1.88. The van der Waals surface area contributed by atoms with E-state index in [0.29, 0.717) is 34.7 Å². The van der Waals surface area contributed by atoms with Crippen molar-refractivity contribution in [1.29, 1.82) is 0 Å². The van der Waals surface area contributed by atoms with Crippen LogP contribution in [0.2, 0.25) is 0 Å². The average Bonchev–Trinajstić information content (AvgIpc) is 2.88. The van der Waals surface area contributed by atoms with Crippen molar-refractivity contribution in [3.05, 3.63) is 86.7 Å². The number of ketones is 1. The molecule has 0 aromatic heterocycles. The van der Waals surface area contributed by atoms with Gasteiger partial charge in [0.2, 0.25) is 0 Å². The maximum atomic E-state index is 14.3. The zero-order valence-corrected chi connectivity index (χ0v) is 22.9. The number of nitrogens with one attached hydrogen (secondary N) is 1. The number of esters is 2. The van der Waals surface area contributed by atoms with Crippen LogP contribution in [0, 0.1) is 5.92 Å². The molecule has 2 aromatic carbocycles. The van der Waals surface area contributed by atoms with Crippen molar-refractivity contribution in [2.24, 2.45) is 5.92 Å². The molecule has 0 spiro atoms. The fraction of sp³-hybridized carbons (Fsp3) is 0.345. The number of carbonyl (C=O) groups excluding carboxylic acids is 3. The molecule has 4 rings (SSSR count). The van der Waals surface area contributed by atoms with Gasteiger partial charge in [0.05, 0.1) is 25.9 Å². The third-order valence-corrected chi connectivity index (χ3v) is 7.27. The van der Waals surface area contributed by atoms with E-state index in [0.717, 1.165) is 15.6 Å². The van der Waals surface area contributed by atoms with Crippen LogP contribution in [-0.4, -0.2) is 38.0 Å². The number of hydrogen-bond donors (Lipinski definition) is 1. The summed E-state index contributed by atoms with van der Waals surface area (Å²) < 4.78 is 16.9. The summed E-state index contributed by atoms with van der Waals surface area (Å²) in [7, 11) is 1.59. The SMILES string of the molecule is CCOC(=O)C1=C(C)NC2=C(C(=O)[C@H](C(=O)OCC)[C@@H](c3ccc(OC)cc3)C2)[C@@H]1c1cccc(Br)c1. The van der Waals surface area contributed by atoms with Crippen molar-refractivity contribution in [1.82, 2.24) is 5.32 Å². The molecule has 37 heavy (non-hydrogen) atoms. The molecule has 0 saturated carbocycles. The highest BCUT2D eigenvalue weighted by Crippen LogP contribution is 2.48. The van der Waals surface area contributed by atoms with Gasteiger partial charge in [0.15, 0.2) is 5.78 Å². The summed E-state index contributed by atoms with van der Waals surface area (Å²) in [6.45, 7) is 5.63. The Labute approximate surface area is 225 Å². The molecule has 8 heteroatoms.